The molecule has 1 unspecified atom stereocenters. The van der Waals surface area contributed by atoms with Crippen molar-refractivity contribution in [3.05, 3.63) is 71.9 Å². The molecule has 1 aromatic heterocycles. The number of carbonyl (C=O) groups excluding carboxylic acids is 3. The quantitative estimate of drug-likeness (QED) is 0.514. The van der Waals surface area contributed by atoms with Crippen molar-refractivity contribution in [3.63, 3.8) is 0 Å². The van der Waals surface area contributed by atoms with Crippen LogP contribution in [0.4, 0.5) is 4.79 Å². The van der Waals surface area contributed by atoms with Gasteiger partial charge in [-0.05, 0) is 38.0 Å². The summed E-state index contributed by atoms with van der Waals surface area (Å²) in [5.74, 6) is -0.204. The molecular formula is C22H26N4O5. The summed E-state index contributed by atoms with van der Waals surface area (Å²) in [6.07, 6.45) is 2.37. The van der Waals surface area contributed by atoms with E-state index in [4.69, 9.17) is 9.15 Å². The second kappa shape index (κ2) is 9.84. The number of nitrogens with one attached hydrogen (secondary N) is 4. The fraction of sp³-hybridized carbons (Fsp3) is 0.318. The number of benzene rings is 1. The molecule has 3 rings (SSSR count). The third-order valence-electron chi connectivity index (χ3n) is 4.65. The van der Waals surface area contributed by atoms with E-state index < -0.39 is 23.7 Å². The lowest BCUT2D eigenvalue weighted by Gasteiger charge is -2.26. The van der Waals surface area contributed by atoms with Crippen LogP contribution < -0.4 is 21.3 Å². The highest BCUT2D eigenvalue weighted by Gasteiger charge is 2.26. The van der Waals surface area contributed by atoms with E-state index in [2.05, 4.69) is 21.3 Å². The normalized spacial score (nSPS) is 15.9. The number of carbonyl (C=O) groups is 3. The first kappa shape index (κ1) is 21.9. The van der Waals surface area contributed by atoms with Gasteiger partial charge >= 0.3 is 6.09 Å². The highest BCUT2D eigenvalue weighted by molar-refractivity contribution is 5.98. The van der Waals surface area contributed by atoms with Gasteiger partial charge in [0.2, 0.25) is 5.91 Å². The van der Waals surface area contributed by atoms with Gasteiger partial charge < -0.3 is 30.4 Å². The third-order valence-corrected chi connectivity index (χ3v) is 4.65. The first-order chi connectivity index (χ1) is 14.8. The maximum Gasteiger partial charge on any atom is 0.407 e. The monoisotopic (exact) mass is 426 g/mol. The van der Waals surface area contributed by atoms with Gasteiger partial charge in [-0.15, -0.1) is 0 Å². The SMILES string of the molecule is CC(C)(CCC(=O)NC1=CNC(c2ccco2)NC1=O)NC(=O)OCc1ccccc1. The van der Waals surface area contributed by atoms with E-state index in [1.165, 1.54) is 12.5 Å². The number of rotatable bonds is 8. The van der Waals surface area contributed by atoms with Crippen LogP contribution in [0.1, 0.15) is 44.2 Å². The number of ether oxygens (including phenoxy) is 1. The Morgan fingerprint density at radius 2 is 1.94 bits per heavy atom. The summed E-state index contributed by atoms with van der Waals surface area (Å²) in [6, 6.07) is 12.8. The van der Waals surface area contributed by atoms with Gasteiger partial charge in [0.15, 0.2) is 6.17 Å². The van der Waals surface area contributed by atoms with Gasteiger partial charge in [0, 0.05) is 18.2 Å². The van der Waals surface area contributed by atoms with Crippen LogP contribution in [0.25, 0.3) is 0 Å². The van der Waals surface area contributed by atoms with Crippen molar-refractivity contribution >= 4 is 17.9 Å². The molecule has 9 heteroatoms. The molecule has 0 spiro atoms. The minimum absolute atomic E-state index is 0.109. The second-order valence-corrected chi connectivity index (χ2v) is 7.77. The molecule has 164 valence electrons. The third kappa shape index (κ3) is 6.63. The van der Waals surface area contributed by atoms with E-state index in [9.17, 15) is 14.4 Å². The van der Waals surface area contributed by atoms with Crippen LogP contribution in [0.3, 0.4) is 0 Å². The summed E-state index contributed by atoms with van der Waals surface area (Å²) in [5, 5.41) is 11.0. The van der Waals surface area contributed by atoms with E-state index in [1.807, 2.05) is 30.3 Å². The molecule has 9 nitrogen and oxygen atoms in total. The summed E-state index contributed by atoms with van der Waals surface area (Å²) in [7, 11) is 0. The van der Waals surface area contributed by atoms with Crippen molar-refractivity contribution in [2.24, 2.45) is 0 Å². The van der Waals surface area contributed by atoms with E-state index in [-0.39, 0.29) is 24.6 Å². The molecule has 4 N–H and O–H groups in total. The predicted molar refractivity (Wildman–Crippen MR) is 112 cm³/mol. The molecule has 1 atom stereocenters. The molecule has 2 aromatic rings. The lowest BCUT2D eigenvalue weighted by molar-refractivity contribution is -0.124. The molecule has 0 saturated heterocycles. The Balaban J connectivity index is 1.41. The second-order valence-electron chi connectivity index (χ2n) is 7.77. The summed E-state index contributed by atoms with van der Waals surface area (Å²) in [6.45, 7) is 3.76. The molecule has 1 aliphatic heterocycles. The molecule has 1 aliphatic rings. The van der Waals surface area contributed by atoms with Crippen molar-refractivity contribution in [2.75, 3.05) is 0 Å². The van der Waals surface area contributed by atoms with Crippen LogP contribution in [0.5, 0.6) is 0 Å². The fourth-order valence-electron chi connectivity index (χ4n) is 2.92. The van der Waals surface area contributed by atoms with Crippen LogP contribution in [0.15, 0.2) is 65.0 Å². The number of hydrogen-bond donors (Lipinski definition) is 4. The molecule has 31 heavy (non-hydrogen) atoms. The smallest absolute Gasteiger partial charge is 0.407 e. The molecule has 0 radical (unpaired) electrons. The number of amides is 3. The predicted octanol–water partition coefficient (Wildman–Crippen LogP) is 2.44. The summed E-state index contributed by atoms with van der Waals surface area (Å²) < 4.78 is 10.5. The van der Waals surface area contributed by atoms with Gasteiger partial charge in [-0.2, -0.15) is 0 Å². The minimum atomic E-state index is -0.670. The average molecular weight is 426 g/mol. The highest BCUT2D eigenvalue weighted by atomic mass is 16.5. The molecule has 0 aliphatic carbocycles. The standard InChI is InChI=1S/C22H26N4O5/c1-22(2,26-21(29)31-14-15-7-4-3-5-8-15)11-10-18(27)24-16-13-23-19(25-20(16)28)17-9-6-12-30-17/h3-9,12-13,19,23H,10-11,14H2,1-2H3,(H,24,27)(H,25,28)(H,26,29). The van der Waals surface area contributed by atoms with Gasteiger partial charge in [-0.3, -0.25) is 9.59 Å². The summed E-state index contributed by atoms with van der Waals surface area (Å²) in [5.41, 5.74) is 0.328. The van der Waals surface area contributed by atoms with Gasteiger partial charge in [0.05, 0.1) is 6.26 Å². The van der Waals surface area contributed by atoms with Gasteiger partial charge in [0.1, 0.15) is 18.1 Å². The first-order valence-electron chi connectivity index (χ1n) is 9.92. The minimum Gasteiger partial charge on any atom is -0.465 e. The summed E-state index contributed by atoms with van der Waals surface area (Å²) in [4.78, 5) is 36.6. The van der Waals surface area contributed by atoms with E-state index in [0.717, 1.165) is 5.56 Å². The van der Waals surface area contributed by atoms with Crippen LogP contribution in [0, 0.1) is 0 Å². The zero-order valence-electron chi connectivity index (χ0n) is 17.4. The Hall–Kier alpha value is -3.75. The molecule has 1 aromatic carbocycles. The number of furan rings is 1. The van der Waals surface area contributed by atoms with Crippen molar-refractivity contribution in [1.82, 2.24) is 21.3 Å². The van der Waals surface area contributed by atoms with Crippen molar-refractivity contribution in [1.29, 1.82) is 0 Å². The van der Waals surface area contributed by atoms with Gasteiger partial charge in [-0.1, -0.05) is 30.3 Å². The lowest BCUT2D eigenvalue weighted by atomic mass is 9.98. The fourth-order valence-corrected chi connectivity index (χ4v) is 2.92. The molecule has 0 bridgehead atoms. The average Bonchev–Trinajstić information content (AvgIpc) is 3.28. The van der Waals surface area contributed by atoms with Gasteiger partial charge in [-0.25, -0.2) is 4.79 Å². The highest BCUT2D eigenvalue weighted by Crippen LogP contribution is 2.15. The Bertz CT molecular complexity index is 938. The number of hydrogen-bond acceptors (Lipinski definition) is 6. The van der Waals surface area contributed by atoms with Crippen LogP contribution in [0.2, 0.25) is 0 Å². The van der Waals surface area contributed by atoms with Crippen LogP contribution >= 0.6 is 0 Å². The first-order valence-corrected chi connectivity index (χ1v) is 9.92. The van der Waals surface area contributed by atoms with Gasteiger partial charge in [0.25, 0.3) is 5.91 Å². The maximum absolute atomic E-state index is 12.3. The van der Waals surface area contributed by atoms with E-state index in [1.54, 1.807) is 26.0 Å². The van der Waals surface area contributed by atoms with E-state index >= 15 is 0 Å². The maximum atomic E-state index is 12.3. The van der Waals surface area contributed by atoms with Crippen LogP contribution in [-0.4, -0.2) is 23.4 Å². The zero-order chi connectivity index (χ0) is 22.3. The lowest BCUT2D eigenvalue weighted by Crippen LogP contribution is -2.46. The molecular weight excluding hydrogens is 400 g/mol. The van der Waals surface area contributed by atoms with Crippen LogP contribution in [-0.2, 0) is 20.9 Å². The molecule has 3 amide bonds. The Kier molecular flexibility index (Phi) is 6.96. The molecule has 2 heterocycles. The molecule has 0 fully saturated rings. The van der Waals surface area contributed by atoms with Crippen molar-refractivity contribution < 1.29 is 23.5 Å². The summed E-state index contributed by atoms with van der Waals surface area (Å²) >= 11 is 0. The topological polar surface area (TPSA) is 122 Å². The van der Waals surface area contributed by atoms with Crippen molar-refractivity contribution in [2.45, 2.75) is 45.0 Å². The molecule has 0 saturated carbocycles. The van der Waals surface area contributed by atoms with Crippen molar-refractivity contribution in [3.8, 4) is 0 Å². The zero-order valence-corrected chi connectivity index (χ0v) is 17.4. The number of alkyl carbamates (subject to hydrolysis) is 1. The largest absolute Gasteiger partial charge is 0.465 e. The Morgan fingerprint density at radius 1 is 1.16 bits per heavy atom. The Labute approximate surface area is 180 Å². The Morgan fingerprint density at radius 3 is 2.61 bits per heavy atom. The van der Waals surface area contributed by atoms with E-state index in [0.29, 0.717) is 12.2 Å².